The summed E-state index contributed by atoms with van der Waals surface area (Å²) in [5.41, 5.74) is 2.90. The molecule has 3 aromatic carbocycles. The molecule has 0 radical (unpaired) electrons. The molecular formula is C21H16N2. The van der Waals surface area contributed by atoms with E-state index in [-0.39, 0.29) is 0 Å². The van der Waals surface area contributed by atoms with Crippen LogP contribution in [0.4, 0.5) is 0 Å². The molecule has 110 valence electrons. The SMILES string of the molecule is N#Cc1ccc(C=NC/C=C\c2ccccc2)c2ccccc12. The number of nitriles is 1. The zero-order chi connectivity index (χ0) is 15.9. The summed E-state index contributed by atoms with van der Waals surface area (Å²) >= 11 is 0. The van der Waals surface area contributed by atoms with Crippen molar-refractivity contribution < 1.29 is 0 Å². The van der Waals surface area contributed by atoms with Gasteiger partial charge in [0.25, 0.3) is 0 Å². The lowest BCUT2D eigenvalue weighted by molar-refractivity contribution is 1.26. The fourth-order valence-corrected chi connectivity index (χ4v) is 2.50. The number of rotatable bonds is 4. The Labute approximate surface area is 136 Å². The Morgan fingerprint density at radius 2 is 1.61 bits per heavy atom. The maximum absolute atomic E-state index is 9.19. The molecule has 0 saturated carbocycles. The topological polar surface area (TPSA) is 36.1 Å². The predicted molar refractivity (Wildman–Crippen MR) is 96.6 cm³/mol. The van der Waals surface area contributed by atoms with Crippen molar-refractivity contribution in [1.29, 1.82) is 5.26 Å². The van der Waals surface area contributed by atoms with Crippen molar-refractivity contribution in [1.82, 2.24) is 0 Å². The Morgan fingerprint density at radius 1 is 0.870 bits per heavy atom. The average molecular weight is 296 g/mol. The van der Waals surface area contributed by atoms with Crippen LogP contribution in [0.15, 0.2) is 77.8 Å². The van der Waals surface area contributed by atoms with Gasteiger partial charge in [0.2, 0.25) is 0 Å². The van der Waals surface area contributed by atoms with Crippen LogP contribution in [0, 0.1) is 11.3 Å². The van der Waals surface area contributed by atoms with Gasteiger partial charge in [0.15, 0.2) is 0 Å². The number of hydrogen-bond acceptors (Lipinski definition) is 2. The summed E-state index contributed by atoms with van der Waals surface area (Å²) < 4.78 is 0. The first-order valence-electron chi connectivity index (χ1n) is 7.52. The van der Waals surface area contributed by atoms with E-state index >= 15 is 0 Å². The van der Waals surface area contributed by atoms with Crippen molar-refractivity contribution in [3.05, 3.63) is 89.5 Å². The normalized spacial score (nSPS) is 11.3. The molecular weight excluding hydrogens is 280 g/mol. The van der Waals surface area contributed by atoms with Crippen LogP contribution >= 0.6 is 0 Å². The highest BCUT2D eigenvalue weighted by Gasteiger charge is 2.02. The number of aliphatic imine (C=N–C) groups is 1. The average Bonchev–Trinajstić information content (AvgIpc) is 2.62. The molecule has 0 saturated heterocycles. The molecule has 0 aromatic heterocycles. The van der Waals surface area contributed by atoms with Gasteiger partial charge < -0.3 is 0 Å². The Morgan fingerprint density at radius 3 is 2.39 bits per heavy atom. The molecule has 0 unspecified atom stereocenters. The summed E-state index contributed by atoms with van der Waals surface area (Å²) in [7, 11) is 0. The van der Waals surface area contributed by atoms with Gasteiger partial charge in [-0.3, -0.25) is 4.99 Å². The molecule has 3 rings (SSSR count). The van der Waals surface area contributed by atoms with E-state index in [4.69, 9.17) is 0 Å². The highest BCUT2D eigenvalue weighted by Crippen LogP contribution is 2.21. The lowest BCUT2D eigenvalue weighted by Gasteiger charge is -2.03. The third kappa shape index (κ3) is 3.53. The molecule has 0 heterocycles. The van der Waals surface area contributed by atoms with Gasteiger partial charge in [-0.15, -0.1) is 0 Å². The fourth-order valence-electron chi connectivity index (χ4n) is 2.50. The zero-order valence-electron chi connectivity index (χ0n) is 12.7. The van der Waals surface area contributed by atoms with Gasteiger partial charge in [0.1, 0.15) is 0 Å². The first kappa shape index (κ1) is 14.7. The minimum Gasteiger partial charge on any atom is -0.288 e. The summed E-state index contributed by atoms with van der Waals surface area (Å²) in [5.74, 6) is 0. The number of fused-ring (bicyclic) bond motifs is 1. The van der Waals surface area contributed by atoms with E-state index in [0.717, 1.165) is 16.3 Å². The minimum absolute atomic E-state index is 0.628. The second-order valence-electron chi connectivity index (χ2n) is 5.17. The van der Waals surface area contributed by atoms with E-state index < -0.39 is 0 Å². The van der Waals surface area contributed by atoms with Crippen molar-refractivity contribution in [2.45, 2.75) is 0 Å². The number of hydrogen-bond donors (Lipinski definition) is 0. The maximum Gasteiger partial charge on any atom is 0.0998 e. The van der Waals surface area contributed by atoms with Crippen LogP contribution < -0.4 is 0 Å². The van der Waals surface area contributed by atoms with Gasteiger partial charge in [0.05, 0.1) is 18.2 Å². The van der Waals surface area contributed by atoms with E-state index in [2.05, 4.69) is 29.3 Å². The van der Waals surface area contributed by atoms with Gasteiger partial charge in [-0.25, -0.2) is 0 Å². The van der Waals surface area contributed by atoms with E-state index in [1.165, 1.54) is 5.56 Å². The Bertz CT molecular complexity index is 900. The second kappa shape index (κ2) is 7.20. The van der Waals surface area contributed by atoms with Crippen LogP contribution in [0.5, 0.6) is 0 Å². The summed E-state index contributed by atoms with van der Waals surface area (Å²) in [4.78, 5) is 4.47. The smallest absolute Gasteiger partial charge is 0.0998 e. The van der Waals surface area contributed by atoms with Crippen LogP contribution in [0.1, 0.15) is 16.7 Å². The Balaban J connectivity index is 1.77. The van der Waals surface area contributed by atoms with Gasteiger partial charge in [-0.1, -0.05) is 72.8 Å². The monoisotopic (exact) mass is 296 g/mol. The molecule has 0 spiro atoms. The predicted octanol–water partition coefficient (Wildman–Crippen LogP) is 4.84. The largest absolute Gasteiger partial charge is 0.288 e. The van der Waals surface area contributed by atoms with Crippen LogP contribution in [0.2, 0.25) is 0 Å². The molecule has 0 fully saturated rings. The van der Waals surface area contributed by atoms with Crippen molar-refractivity contribution in [3.8, 4) is 6.07 Å². The standard InChI is InChI=1S/C21H16N2/c22-15-18-12-13-19(21-11-5-4-10-20(18)21)16-23-14-6-9-17-7-2-1-3-8-17/h1-13,16H,14H2/b9-6-,23-16?. The molecule has 2 heteroatoms. The Kier molecular flexibility index (Phi) is 4.61. The molecule has 2 nitrogen and oxygen atoms in total. The quantitative estimate of drug-likeness (QED) is 0.634. The third-order valence-corrected chi connectivity index (χ3v) is 3.63. The molecule has 0 atom stereocenters. The van der Waals surface area contributed by atoms with E-state index in [0.29, 0.717) is 12.1 Å². The van der Waals surface area contributed by atoms with Crippen LogP contribution in [-0.2, 0) is 0 Å². The molecule has 3 aromatic rings. The number of nitrogens with zero attached hydrogens (tertiary/aromatic N) is 2. The molecule has 0 bridgehead atoms. The number of benzene rings is 3. The third-order valence-electron chi connectivity index (χ3n) is 3.63. The van der Waals surface area contributed by atoms with Crippen molar-refractivity contribution in [3.63, 3.8) is 0 Å². The molecule has 0 amide bonds. The molecule has 0 aliphatic carbocycles. The summed E-state index contributed by atoms with van der Waals surface area (Å²) in [5, 5.41) is 11.2. The summed E-state index contributed by atoms with van der Waals surface area (Å²) in [6.45, 7) is 0.628. The molecule has 0 N–H and O–H groups in total. The highest BCUT2D eigenvalue weighted by atomic mass is 14.7. The molecule has 0 aliphatic rings. The van der Waals surface area contributed by atoms with Gasteiger partial charge in [-0.05, 0) is 17.0 Å². The highest BCUT2D eigenvalue weighted by molar-refractivity contribution is 6.02. The second-order valence-corrected chi connectivity index (χ2v) is 5.17. The van der Waals surface area contributed by atoms with Gasteiger partial charge in [0, 0.05) is 17.2 Å². The van der Waals surface area contributed by atoms with E-state index in [9.17, 15) is 5.26 Å². The van der Waals surface area contributed by atoms with E-state index in [1.54, 1.807) is 0 Å². The molecule has 0 aliphatic heterocycles. The minimum atomic E-state index is 0.628. The van der Waals surface area contributed by atoms with Crippen molar-refractivity contribution in [2.75, 3.05) is 6.54 Å². The lowest BCUT2D eigenvalue weighted by atomic mass is 10.0. The van der Waals surface area contributed by atoms with Crippen molar-refractivity contribution >= 4 is 23.1 Å². The summed E-state index contributed by atoms with van der Waals surface area (Å²) in [6.07, 6.45) is 5.98. The van der Waals surface area contributed by atoms with Gasteiger partial charge >= 0.3 is 0 Å². The maximum atomic E-state index is 9.19. The summed E-state index contributed by atoms with van der Waals surface area (Å²) in [6, 6.07) is 24.1. The van der Waals surface area contributed by atoms with Crippen LogP contribution in [0.3, 0.4) is 0 Å². The van der Waals surface area contributed by atoms with Crippen LogP contribution in [-0.4, -0.2) is 12.8 Å². The van der Waals surface area contributed by atoms with Gasteiger partial charge in [-0.2, -0.15) is 5.26 Å². The first-order chi connectivity index (χ1) is 11.4. The Hall–Kier alpha value is -3.18. The van der Waals surface area contributed by atoms with Crippen molar-refractivity contribution in [2.24, 2.45) is 4.99 Å². The lowest BCUT2D eigenvalue weighted by Crippen LogP contribution is -1.88. The van der Waals surface area contributed by atoms with Crippen LogP contribution in [0.25, 0.3) is 16.8 Å². The van der Waals surface area contributed by atoms with E-state index in [1.807, 2.05) is 66.9 Å². The fraction of sp³-hybridized carbons (Fsp3) is 0.0476. The zero-order valence-corrected chi connectivity index (χ0v) is 12.7. The molecule has 23 heavy (non-hydrogen) atoms. The first-order valence-corrected chi connectivity index (χ1v) is 7.52.